The number of halogens is 1. The van der Waals surface area contributed by atoms with Gasteiger partial charge in [0.1, 0.15) is 6.04 Å². The minimum absolute atomic E-state index is 0.0619. The van der Waals surface area contributed by atoms with E-state index in [0.717, 1.165) is 0 Å². The zero-order chi connectivity index (χ0) is 16.2. The van der Waals surface area contributed by atoms with E-state index in [1.54, 1.807) is 13.8 Å². The Morgan fingerprint density at radius 1 is 1.24 bits per heavy atom. The molecular formula is C13H16ClN3O4. The molecule has 0 saturated carbocycles. The lowest BCUT2D eigenvalue weighted by Crippen LogP contribution is -2.49. The molecule has 0 heterocycles. The summed E-state index contributed by atoms with van der Waals surface area (Å²) in [6.45, 7) is 3.47. The van der Waals surface area contributed by atoms with Gasteiger partial charge in [-0.1, -0.05) is 25.4 Å². The van der Waals surface area contributed by atoms with Gasteiger partial charge >= 0.3 is 12.0 Å². The number of hydrogen-bond donors (Lipinski definition) is 4. The average Bonchev–Trinajstić information content (AvgIpc) is 2.34. The van der Waals surface area contributed by atoms with E-state index < -0.39 is 23.9 Å². The number of anilines is 1. The van der Waals surface area contributed by atoms with Crippen molar-refractivity contribution in [1.29, 1.82) is 0 Å². The molecule has 3 amide bonds. The Labute approximate surface area is 126 Å². The van der Waals surface area contributed by atoms with Gasteiger partial charge in [-0.15, -0.1) is 0 Å². The van der Waals surface area contributed by atoms with Gasteiger partial charge in [0.2, 0.25) is 5.91 Å². The number of hydrogen-bond acceptors (Lipinski definition) is 3. The second kappa shape index (κ2) is 6.94. The summed E-state index contributed by atoms with van der Waals surface area (Å²) in [5.74, 6) is -2.00. The minimum atomic E-state index is -1.17. The topological polar surface area (TPSA) is 122 Å². The summed E-state index contributed by atoms with van der Waals surface area (Å²) < 4.78 is 0. The van der Waals surface area contributed by atoms with Gasteiger partial charge in [-0.3, -0.25) is 4.79 Å². The summed E-state index contributed by atoms with van der Waals surface area (Å²) in [5.41, 5.74) is 5.32. The van der Waals surface area contributed by atoms with Crippen LogP contribution in [0.3, 0.4) is 0 Å². The molecule has 1 aromatic carbocycles. The molecule has 0 aromatic heterocycles. The average molecular weight is 314 g/mol. The molecular weight excluding hydrogens is 298 g/mol. The SMILES string of the molecule is CC(C)C(NC(=O)Nc1cc(Cl)cc(C(=O)O)c1)C(N)=O. The van der Waals surface area contributed by atoms with Crippen molar-refractivity contribution in [2.24, 2.45) is 11.7 Å². The van der Waals surface area contributed by atoms with E-state index in [1.165, 1.54) is 18.2 Å². The summed E-state index contributed by atoms with van der Waals surface area (Å²) >= 11 is 5.78. The summed E-state index contributed by atoms with van der Waals surface area (Å²) in [7, 11) is 0. The molecule has 7 nitrogen and oxygen atoms in total. The molecule has 8 heteroatoms. The van der Waals surface area contributed by atoms with Gasteiger partial charge in [0.25, 0.3) is 0 Å². The lowest BCUT2D eigenvalue weighted by atomic mass is 10.0. The Bertz CT molecular complexity index is 575. The molecule has 1 rings (SSSR count). The van der Waals surface area contributed by atoms with Crippen molar-refractivity contribution in [2.75, 3.05) is 5.32 Å². The van der Waals surface area contributed by atoms with Crippen LogP contribution < -0.4 is 16.4 Å². The molecule has 0 aliphatic rings. The zero-order valence-corrected chi connectivity index (χ0v) is 12.3. The third-order valence-corrected chi connectivity index (χ3v) is 2.88. The fourth-order valence-corrected chi connectivity index (χ4v) is 1.90. The normalized spacial score (nSPS) is 11.8. The Kier molecular flexibility index (Phi) is 5.54. The van der Waals surface area contributed by atoms with Crippen molar-refractivity contribution in [3.05, 3.63) is 28.8 Å². The largest absolute Gasteiger partial charge is 0.478 e. The molecule has 0 bridgehead atoms. The van der Waals surface area contributed by atoms with Crippen LogP contribution in [0.4, 0.5) is 10.5 Å². The van der Waals surface area contributed by atoms with Crippen LogP contribution >= 0.6 is 11.6 Å². The number of aromatic carboxylic acids is 1. The van der Waals surface area contributed by atoms with E-state index >= 15 is 0 Å². The maximum absolute atomic E-state index is 11.8. The minimum Gasteiger partial charge on any atom is -0.478 e. The van der Waals surface area contributed by atoms with Crippen molar-refractivity contribution in [3.8, 4) is 0 Å². The van der Waals surface area contributed by atoms with Crippen molar-refractivity contribution in [2.45, 2.75) is 19.9 Å². The van der Waals surface area contributed by atoms with Crippen LogP contribution in [0.25, 0.3) is 0 Å². The number of carboxylic acid groups (broad SMARTS) is 1. The molecule has 1 aromatic rings. The highest BCUT2D eigenvalue weighted by atomic mass is 35.5. The summed E-state index contributed by atoms with van der Waals surface area (Å²) in [6, 6.07) is 2.40. The van der Waals surface area contributed by atoms with E-state index in [2.05, 4.69) is 10.6 Å². The molecule has 0 radical (unpaired) electrons. The number of carboxylic acids is 1. The third-order valence-electron chi connectivity index (χ3n) is 2.66. The number of urea groups is 1. The van der Waals surface area contributed by atoms with Crippen molar-refractivity contribution in [3.63, 3.8) is 0 Å². The number of benzene rings is 1. The first-order valence-corrected chi connectivity index (χ1v) is 6.49. The van der Waals surface area contributed by atoms with Gasteiger partial charge in [-0.05, 0) is 24.1 Å². The highest BCUT2D eigenvalue weighted by molar-refractivity contribution is 6.31. The monoisotopic (exact) mass is 313 g/mol. The van der Waals surface area contributed by atoms with Crippen LogP contribution in [0.2, 0.25) is 5.02 Å². The third kappa shape index (κ3) is 4.96. The zero-order valence-electron chi connectivity index (χ0n) is 11.5. The molecule has 21 heavy (non-hydrogen) atoms. The second-order valence-corrected chi connectivity index (χ2v) is 5.19. The predicted molar refractivity (Wildman–Crippen MR) is 78.4 cm³/mol. The lowest BCUT2D eigenvalue weighted by Gasteiger charge is -2.19. The lowest BCUT2D eigenvalue weighted by molar-refractivity contribution is -0.120. The molecule has 0 saturated heterocycles. The van der Waals surface area contributed by atoms with E-state index in [1.807, 2.05) is 0 Å². The summed E-state index contributed by atoms with van der Waals surface area (Å²) in [5, 5.41) is 13.9. The summed E-state index contributed by atoms with van der Waals surface area (Å²) in [4.78, 5) is 33.9. The van der Waals surface area contributed by atoms with Crippen molar-refractivity contribution in [1.82, 2.24) is 5.32 Å². The standard InChI is InChI=1S/C13H16ClN3O4/c1-6(2)10(11(15)18)17-13(21)16-9-4-7(12(19)20)3-8(14)5-9/h3-6,10H,1-2H3,(H2,15,18)(H,19,20)(H2,16,17,21). The van der Waals surface area contributed by atoms with Gasteiger partial charge in [-0.25, -0.2) is 9.59 Å². The van der Waals surface area contributed by atoms with Crippen molar-refractivity contribution < 1.29 is 19.5 Å². The maximum atomic E-state index is 11.8. The molecule has 0 aliphatic carbocycles. The van der Waals surface area contributed by atoms with Crippen LogP contribution in [0, 0.1) is 5.92 Å². The summed E-state index contributed by atoms with van der Waals surface area (Å²) in [6.07, 6.45) is 0. The highest BCUT2D eigenvalue weighted by Crippen LogP contribution is 2.19. The Hall–Kier alpha value is -2.28. The van der Waals surface area contributed by atoms with Gasteiger partial charge in [0.15, 0.2) is 0 Å². The fraction of sp³-hybridized carbons (Fsp3) is 0.308. The quantitative estimate of drug-likeness (QED) is 0.660. The van der Waals surface area contributed by atoms with Gasteiger partial charge < -0.3 is 21.5 Å². The van der Waals surface area contributed by atoms with Gasteiger partial charge in [-0.2, -0.15) is 0 Å². The van der Waals surface area contributed by atoms with Crippen LogP contribution in [-0.2, 0) is 4.79 Å². The molecule has 5 N–H and O–H groups in total. The molecule has 1 unspecified atom stereocenters. The number of amides is 3. The second-order valence-electron chi connectivity index (χ2n) is 4.76. The Morgan fingerprint density at radius 3 is 2.33 bits per heavy atom. The highest BCUT2D eigenvalue weighted by Gasteiger charge is 2.21. The number of primary amides is 1. The van der Waals surface area contributed by atoms with E-state index in [9.17, 15) is 14.4 Å². The molecule has 0 spiro atoms. The first kappa shape index (κ1) is 16.8. The van der Waals surface area contributed by atoms with Gasteiger partial charge in [0, 0.05) is 10.7 Å². The number of carbonyl (C=O) groups is 3. The van der Waals surface area contributed by atoms with Gasteiger partial charge in [0.05, 0.1) is 5.56 Å². The predicted octanol–water partition coefficient (Wildman–Crippen LogP) is 1.67. The fourth-order valence-electron chi connectivity index (χ4n) is 1.66. The molecule has 1 atom stereocenters. The smallest absolute Gasteiger partial charge is 0.335 e. The molecule has 0 fully saturated rings. The number of carbonyl (C=O) groups excluding carboxylic acids is 2. The Balaban J connectivity index is 2.83. The first-order chi connectivity index (χ1) is 9.70. The first-order valence-electron chi connectivity index (χ1n) is 6.11. The van der Waals surface area contributed by atoms with E-state index in [-0.39, 0.29) is 22.2 Å². The Morgan fingerprint density at radius 2 is 1.86 bits per heavy atom. The van der Waals surface area contributed by atoms with E-state index in [4.69, 9.17) is 22.4 Å². The van der Waals surface area contributed by atoms with E-state index in [0.29, 0.717) is 0 Å². The number of rotatable bonds is 5. The number of nitrogens with one attached hydrogen (secondary N) is 2. The van der Waals surface area contributed by atoms with Crippen LogP contribution in [0.5, 0.6) is 0 Å². The molecule has 0 aliphatic heterocycles. The molecule has 114 valence electrons. The number of nitrogens with two attached hydrogens (primary N) is 1. The van der Waals surface area contributed by atoms with Crippen molar-refractivity contribution >= 4 is 35.2 Å². The van der Waals surface area contributed by atoms with Crippen LogP contribution in [0.1, 0.15) is 24.2 Å². The van der Waals surface area contributed by atoms with Crippen LogP contribution in [-0.4, -0.2) is 29.1 Å². The van der Waals surface area contributed by atoms with Crippen LogP contribution in [0.15, 0.2) is 18.2 Å². The maximum Gasteiger partial charge on any atom is 0.335 e.